The summed E-state index contributed by atoms with van der Waals surface area (Å²) in [5.41, 5.74) is 0.842. The van der Waals surface area contributed by atoms with Crippen molar-refractivity contribution in [2.45, 2.75) is 57.7 Å². The van der Waals surface area contributed by atoms with Crippen LogP contribution in [-0.4, -0.2) is 6.61 Å². The molecule has 0 atom stereocenters. The van der Waals surface area contributed by atoms with Crippen molar-refractivity contribution >= 4 is 0 Å². The zero-order valence-corrected chi connectivity index (χ0v) is 15.7. The highest BCUT2D eigenvalue weighted by Gasteiger charge is 2.34. The average molecular weight is 396 g/mol. The van der Waals surface area contributed by atoms with Crippen molar-refractivity contribution in [2.75, 3.05) is 0 Å². The highest BCUT2D eigenvalue weighted by molar-refractivity contribution is 5.33. The second-order valence-electron chi connectivity index (χ2n) is 7.22. The Morgan fingerprint density at radius 2 is 1.46 bits per heavy atom. The van der Waals surface area contributed by atoms with E-state index in [2.05, 4.69) is 11.7 Å². The predicted molar refractivity (Wildman–Crippen MR) is 99.0 cm³/mol. The molecular weight excluding hydrogens is 372 g/mol. The Labute approximate surface area is 162 Å². The molecule has 0 N–H and O–H groups in total. The molecule has 3 rings (SSSR count). The van der Waals surface area contributed by atoms with Gasteiger partial charge in [0.25, 0.3) is 0 Å². The highest BCUT2D eigenvalue weighted by Crippen LogP contribution is 2.38. The molecule has 0 bridgehead atoms. The van der Waals surface area contributed by atoms with Crippen LogP contribution < -0.4 is 9.47 Å². The summed E-state index contributed by atoms with van der Waals surface area (Å²) in [6.45, 7) is -0.759. The number of hydrogen-bond donors (Lipinski definition) is 0. The zero-order chi connectivity index (χ0) is 20.1. The summed E-state index contributed by atoms with van der Waals surface area (Å²) in [7, 11) is 0. The van der Waals surface area contributed by atoms with Crippen LogP contribution in [0.4, 0.5) is 17.6 Å². The van der Waals surface area contributed by atoms with Gasteiger partial charge in [0.15, 0.2) is 0 Å². The number of hydrogen-bond acceptors (Lipinski definition) is 2. The smallest absolute Gasteiger partial charge is 0.426 e. The van der Waals surface area contributed by atoms with E-state index in [1.54, 1.807) is 12.1 Å². The molecule has 2 aromatic carbocycles. The summed E-state index contributed by atoms with van der Waals surface area (Å²) >= 11 is 0. The van der Waals surface area contributed by atoms with Gasteiger partial charge in [0, 0.05) is 0 Å². The van der Waals surface area contributed by atoms with E-state index in [-0.39, 0.29) is 17.1 Å². The topological polar surface area (TPSA) is 18.5 Å². The first kappa shape index (κ1) is 20.5. The number of ether oxygens (including phenoxy) is 2. The van der Waals surface area contributed by atoms with Gasteiger partial charge in [-0.05, 0) is 79.5 Å². The molecule has 1 fully saturated rings. The minimum atomic E-state index is -3.52. The number of alkyl halides is 4. The largest absolute Gasteiger partial charge is 0.435 e. The van der Waals surface area contributed by atoms with Crippen molar-refractivity contribution in [3.8, 4) is 11.5 Å². The molecule has 0 aliphatic heterocycles. The van der Waals surface area contributed by atoms with E-state index in [0.29, 0.717) is 5.92 Å². The summed E-state index contributed by atoms with van der Waals surface area (Å²) in [6.07, 6.45) is 2.24. The molecule has 0 radical (unpaired) electrons. The third kappa shape index (κ3) is 5.18. The SMILES string of the molecule is CC[C@H]1CC[C@H](c2ccc(C(F)(F)Oc3ccc(OC(F)F)cc3)cc2)CC1. The quantitative estimate of drug-likeness (QED) is 0.465. The maximum atomic E-state index is 14.4. The maximum Gasteiger partial charge on any atom is 0.426 e. The van der Waals surface area contributed by atoms with Gasteiger partial charge >= 0.3 is 12.7 Å². The Kier molecular flexibility index (Phi) is 6.47. The summed E-state index contributed by atoms with van der Waals surface area (Å²) in [5.74, 6) is 0.959. The normalized spacial score (nSPS) is 20.2. The molecule has 2 aromatic rings. The molecule has 1 aliphatic carbocycles. The van der Waals surface area contributed by atoms with Crippen LogP contribution in [0.25, 0.3) is 0 Å². The van der Waals surface area contributed by atoms with Crippen molar-refractivity contribution in [1.82, 2.24) is 0 Å². The van der Waals surface area contributed by atoms with Gasteiger partial charge < -0.3 is 9.47 Å². The molecule has 6 heteroatoms. The molecule has 0 amide bonds. The monoisotopic (exact) mass is 396 g/mol. The van der Waals surface area contributed by atoms with Crippen LogP contribution >= 0.6 is 0 Å². The summed E-state index contributed by atoms with van der Waals surface area (Å²) in [5, 5.41) is 0. The first-order chi connectivity index (χ1) is 13.4. The molecular formula is C22H24F4O2. The molecule has 152 valence electrons. The van der Waals surface area contributed by atoms with Gasteiger partial charge in [-0.1, -0.05) is 25.5 Å². The summed E-state index contributed by atoms with van der Waals surface area (Å²) < 4.78 is 62.2. The lowest BCUT2D eigenvalue weighted by atomic mass is 9.78. The van der Waals surface area contributed by atoms with E-state index in [4.69, 9.17) is 4.74 Å². The second-order valence-corrected chi connectivity index (χ2v) is 7.22. The minimum absolute atomic E-state index is 0.118. The lowest BCUT2D eigenvalue weighted by molar-refractivity contribution is -0.185. The molecule has 2 nitrogen and oxygen atoms in total. The van der Waals surface area contributed by atoms with E-state index >= 15 is 0 Å². The van der Waals surface area contributed by atoms with Gasteiger partial charge in [-0.2, -0.15) is 17.6 Å². The van der Waals surface area contributed by atoms with Gasteiger partial charge in [-0.15, -0.1) is 0 Å². The van der Waals surface area contributed by atoms with Crippen molar-refractivity contribution in [3.63, 3.8) is 0 Å². The van der Waals surface area contributed by atoms with E-state index in [1.807, 2.05) is 0 Å². The number of halogens is 4. The van der Waals surface area contributed by atoms with Crippen molar-refractivity contribution < 1.29 is 27.0 Å². The van der Waals surface area contributed by atoms with Crippen LogP contribution in [0, 0.1) is 5.92 Å². The van der Waals surface area contributed by atoms with E-state index in [1.165, 1.54) is 43.5 Å². The molecule has 0 unspecified atom stereocenters. The van der Waals surface area contributed by atoms with Crippen LogP contribution in [0.15, 0.2) is 48.5 Å². The Morgan fingerprint density at radius 1 is 0.893 bits per heavy atom. The molecule has 0 spiro atoms. The molecule has 0 saturated heterocycles. The van der Waals surface area contributed by atoms with Crippen LogP contribution in [0.2, 0.25) is 0 Å². The summed E-state index contributed by atoms with van der Waals surface area (Å²) in [4.78, 5) is 0. The molecule has 0 heterocycles. The fourth-order valence-electron chi connectivity index (χ4n) is 3.75. The van der Waals surface area contributed by atoms with Crippen LogP contribution in [0.3, 0.4) is 0 Å². The lowest BCUT2D eigenvalue weighted by Gasteiger charge is -2.28. The van der Waals surface area contributed by atoms with Crippen LogP contribution in [-0.2, 0) is 6.11 Å². The second kappa shape index (κ2) is 8.84. The minimum Gasteiger partial charge on any atom is -0.435 e. The zero-order valence-electron chi connectivity index (χ0n) is 15.7. The van der Waals surface area contributed by atoms with Crippen molar-refractivity contribution in [2.24, 2.45) is 5.92 Å². The average Bonchev–Trinajstić information content (AvgIpc) is 2.69. The van der Waals surface area contributed by atoms with E-state index in [0.717, 1.165) is 36.5 Å². The molecule has 1 aliphatic rings. The summed E-state index contributed by atoms with van der Waals surface area (Å²) in [6, 6.07) is 11.0. The Bertz CT molecular complexity index is 736. The van der Waals surface area contributed by atoms with E-state index < -0.39 is 12.7 Å². The Morgan fingerprint density at radius 3 is 2.00 bits per heavy atom. The molecule has 0 aromatic heterocycles. The van der Waals surface area contributed by atoms with Gasteiger partial charge in [-0.25, -0.2) is 0 Å². The predicted octanol–water partition coefficient (Wildman–Crippen LogP) is 7.10. The van der Waals surface area contributed by atoms with Crippen LogP contribution in [0.1, 0.15) is 56.1 Å². The Hall–Kier alpha value is -2.24. The van der Waals surface area contributed by atoms with Gasteiger partial charge in [-0.3, -0.25) is 0 Å². The standard InChI is InChI=1S/C22H24F4O2/c1-2-15-3-5-16(6-4-15)17-7-9-18(10-8-17)22(25,26)28-20-13-11-19(12-14-20)27-21(23)24/h7-16,21H,2-6H2,1H3/t15-,16-. The number of rotatable bonds is 7. The fraction of sp³-hybridized carbons (Fsp3) is 0.455. The number of benzene rings is 2. The van der Waals surface area contributed by atoms with Gasteiger partial charge in [0.1, 0.15) is 11.5 Å². The lowest BCUT2D eigenvalue weighted by Crippen LogP contribution is -2.22. The van der Waals surface area contributed by atoms with Crippen LogP contribution in [0.5, 0.6) is 11.5 Å². The van der Waals surface area contributed by atoms with Gasteiger partial charge in [0.2, 0.25) is 0 Å². The maximum absolute atomic E-state index is 14.4. The Balaban J connectivity index is 1.63. The first-order valence-corrected chi connectivity index (χ1v) is 9.59. The third-order valence-electron chi connectivity index (χ3n) is 5.44. The first-order valence-electron chi connectivity index (χ1n) is 9.59. The van der Waals surface area contributed by atoms with Crippen molar-refractivity contribution in [3.05, 3.63) is 59.7 Å². The van der Waals surface area contributed by atoms with Gasteiger partial charge in [0.05, 0.1) is 5.56 Å². The third-order valence-corrected chi connectivity index (χ3v) is 5.44. The fourth-order valence-corrected chi connectivity index (χ4v) is 3.75. The highest BCUT2D eigenvalue weighted by atomic mass is 19.3. The van der Waals surface area contributed by atoms with E-state index in [9.17, 15) is 17.6 Å². The molecule has 28 heavy (non-hydrogen) atoms. The van der Waals surface area contributed by atoms with Crippen molar-refractivity contribution in [1.29, 1.82) is 0 Å². The molecule has 1 saturated carbocycles.